The SMILES string of the molecule is COc1ccc(S(=O)(=O)N2CCOCC2)cc1C(=O)O[C@H](C)C#N. The molecule has 0 saturated carbocycles. The summed E-state index contributed by atoms with van der Waals surface area (Å²) >= 11 is 0. The summed E-state index contributed by atoms with van der Waals surface area (Å²) in [4.78, 5) is 12.1. The summed E-state index contributed by atoms with van der Waals surface area (Å²) in [6, 6.07) is 5.74. The number of nitrogens with zero attached hydrogens (tertiary/aromatic N) is 2. The molecule has 1 aliphatic rings. The van der Waals surface area contributed by atoms with Gasteiger partial charge in [0, 0.05) is 13.1 Å². The molecule has 8 nitrogen and oxygen atoms in total. The van der Waals surface area contributed by atoms with Crippen molar-refractivity contribution in [2.75, 3.05) is 33.4 Å². The second-order valence-corrected chi connectivity index (χ2v) is 6.99. The van der Waals surface area contributed by atoms with Crippen molar-refractivity contribution in [2.24, 2.45) is 0 Å². The largest absolute Gasteiger partial charge is 0.496 e. The van der Waals surface area contributed by atoms with Crippen LogP contribution in [0.25, 0.3) is 0 Å². The number of ether oxygens (including phenoxy) is 3. The Morgan fingerprint density at radius 2 is 2.04 bits per heavy atom. The van der Waals surface area contributed by atoms with Gasteiger partial charge in [0.2, 0.25) is 10.0 Å². The van der Waals surface area contributed by atoms with Gasteiger partial charge in [0.1, 0.15) is 17.4 Å². The fourth-order valence-corrected chi connectivity index (χ4v) is 3.63. The predicted octanol–water partition coefficient (Wildman–Crippen LogP) is 0.785. The number of morpholine rings is 1. The van der Waals surface area contributed by atoms with Crippen LogP contribution < -0.4 is 4.74 Å². The molecule has 1 heterocycles. The molecule has 1 atom stereocenters. The fraction of sp³-hybridized carbons (Fsp3) is 0.467. The van der Waals surface area contributed by atoms with Crippen LogP contribution in [0.1, 0.15) is 17.3 Å². The highest BCUT2D eigenvalue weighted by atomic mass is 32.2. The van der Waals surface area contributed by atoms with E-state index in [0.29, 0.717) is 13.2 Å². The number of benzene rings is 1. The Hall–Kier alpha value is -2.15. The molecule has 1 fully saturated rings. The van der Waals surface area contributed by atoms with Gasteiger partial charge < -0.3 is 14.2 Å². The molecular formula is C15H18N2O6S. The molecule has 1 aromatic carbocycles. The van der Waals surface area contributed by atoms with Crippen molar-refractivity contribution in [3.8, 4) is 11.8 Å². The van der Waals surface area contributed by atoms with E-state index in [1.54, 1.807) is 6.07 Å². The molecule has 1 saturated heterocycles. The molecule has 0 aliphatic carbocycles. The van der Waals surface area contributed by atoms with E-state index in [0.717, 1.165) is 0 Å². The molecule has 2 rings (SSSR count). The summed E-state index contributed by atoms with van der Waals surface area (Å²) in [5.74, 6) is -0.647. The minimum Gasteiger partial charge on any atom is -0.496 e. The van der Waals surface area contributed by atoms with Gasteiger partial charge in [-0.1, -0.05) is 0 Å². The highest BCUT2D eigenvalue weighted by Gasteiger charge is 2.28. The van der Waals surface area contributed by atoms with Crippen molar-refractivity contribution in [3.05, 3.63) is 23.8 Å². The minimum absolute atomic E-state index is 0.0400. The number of carbonyl (C=O) groups is 1. The predicted molar refractivity (Wildman–Crippen MR) is 83.1 cm³/mol. The van der Waals surface area contributed by atoms with E-state index in [4.69, 9.17) is 19.5 Å². The lowest BCUT2D eigenvalue weighted by Gasteiger charge is -2.26. The first-order chi connectivity index (χ1) is 11.4. The van der Waals surface area contributed by atoms with Gasteiger partial charge in [-0.05, 0) is 25.1 Å². The lowest BCUT2D eigenvalue weighted by Crippen LogP contribution is -2.40. The first kappa shape index (κ1) is 18.2. The maximum absolute atomic E-state index is 12.7. The van der Waals surface area contributed by atoms with Gasteiger partial charge in [0.15, 0.2) is 6.10 Å². The third-order valence-electron chi connectivity index (χ3n) is 3.46. The van der Waals surface area contributed by atoms with Gasteiger partial charge in [-0.2, -0.15) is 9.57 Å². The van der Waals surface area contributed by atoms with E-state index in [2.05, 4.69) is 0 Å². The monoisotopic (exact) mass is 354 g/mol. The van der Waals surface area contributed by atoms with Gasteiger partial charge in [0.25, 0.3) is 0 Å². The molecule has 1 aromatic rings. The van der Waals surface area contributed by atoms with Crippen molar-refractivity contribution >= 4 is 16.0 Å². The second kappa shape index (κ2) is 7.61. The van der Waals surface area contributed by atoms with Gasteiger partial charge in [-0.15, -0.1) is 0 Å². The van der Waals surface area contributed by atoms with Crippen LogP contribution in [0.3, 0.4) is 0 Å². The zero-order valence-corrected chi connectivity index (χ0v) is 14.2. The summed E-state index contributed by atoms with van der Waals surface area (Å²) in [7, 11) is -2.39. The van der Waals surface area contributed by atoms with Crippen molar-refractivity contribution in [2.45, 2.75) is 17.9 Å². The van der Waals surface area contributed by atoms with Gasteiger partial charge in [-0.25, -0.2) is 13.2 Å². The van der Waals surface area contributed by atoms with E-state index in [1.165, 1.54) is 36.5 Å². The number of hydrogen-bond donors (Lipinski definition) is 0. The molecule has 0 bridgehead atoms. The Morgan fingerprint density at radius 3 is 2.62 bits per heavy atom. The Kier molecular flexibility index (Phi) is 5.77. The zero-order valence-electron chi connectivity index (χ0n) is 13.4. The van der Waals surface area contributed by atoms with Crippen LogP contribution in [-0.4, -0.2) is 58.2 Å². The number of methoxy groups -OCH3 is 1. The lowest BCUT2D eigenvalue weighted by molar-refractivity contribution is 0.0431. The third-order valence-corrected chi connectivity index (χ3v) is 5.36. The number of esters is 1. The number of rotatable bonds is 5. The van der Waals surface area contributed by atoms with E-state index >= 15 is 0 Å². The van der Waals surface area contributed by atoms with Crippen LogP contribution >= 0.6 is 0 Å². The van der Waals surface area contributed by atoms with Gasteiger partial charge in [-0.3, -0.25) is 0 Å². The van der Waals surface area contributed by atoms with Crippen molar-refractivity contribution in [1.29, 1.82) is 5.26 Å². The maximum Gasteiger partial charge on any atom is 0.343 e. The number of sulfonamides is 1. The lowest BCUT2D eigenvalue weighted by atomic mass is 10.2. The standard InChI is InChI=1S/C15H18N2O6S/c1-11(10-16)23-15(18)13-9-12(3-4-14(13)21-2)24(19,20)17-5-7-22-8-6-17/h3-4,9,11H,5-8H2,1-2H3/t11-/m1/s1. The quantitative estimate of drug-likeness (QED) is 0.720. The smallest absolute Gasteiger partial charge is 0.343 e. The number of carbonyl (C=O) groups excluding carboxylic acids is 1. The number of hydrogen-bond acceptors (Lipinski definition) is 7. The Bertz CT molecular complexity index is 750. The van der Waals surface area contributed by atoms with Crippen LogP contribution in [0.5, 0.6) is 5.75 Å². The Morgan fingerprint density at radius 1 is 1.38 bits per heavy atom. The summed E-state index contributed by atoms with van der Waals surface area (Å²) in [6.07, 6.45) is -0.957. The highest BCUT2D eigenvalue weighted by Crippen LogP contribution is 2.26. The molecule has 9 heteroatoms. The average molecular weight is 354 g/mol. The minimum atomic E-state index is -3.75. The van der Waals surface area contributed by atoms with E-state index in [-0.39, 0.29) is 29.3 Å². The summed E-state index contributed by atoms with van der Waals surface area (Å²) in [6.45, 7) is 2.56. The average Bonchev–Trinajstić information content (AvgIpc) is 2.61. The molecule has 130 valence electrons. The maximum atomic E-state index is 12.7. The molecule has 0 radical (unpaired) electrons. The van der Waals surface area contributed by atoms with Crippen molar-refractivity contribution in [1.82, 2.24) is 4.31 Å². The first-order valence-corrected chi connectivity index (χ1v) is 8.70. The summed E-state index contributed by atoms with van der Waals surface area (Å²) < 4.78 is 41.8. The molecule has 0 amide bonds. The summed E-state index contributed by atoms with van der Waals surface area (Å²) in [5, 5.41) is 8.74. The van der Waals surface area contributed by atoms with Crippen LogP contribution in [-0.2, 0) is 19.5 Å². The second-order valence-electron chi connectivity index (χ2n) is 5.06. The summed E-state index contributed by atoms with van der Waals surface area (Å²) in [5.41, 5.74) is -0.0473. The van der Waals surface area contributed by atoms with E-state index < -0.39 is 22.1 Å². The molecule has 0 N–H and O–H groups in total. The van der Waals surface area contributed by atoms with Crippen LogP contribution in [0.2, 0.25) is 0 Å². The Balaban J connectivity index is 2.37. The molecule has 0 spiro atoms. The molecular weight excluding hydrogens is 336 g/mol. The van der Waals surface area contributed by atoms with E-state index in [1.807, 2.05) is 0 Å². The Labute approximate surface area is 140 Å². The van der Waals surface area contributed by atoms with Crippen LogP contribution in [0, 0.1) is 11.3 Å². The normalized spacial score (nSPS) is 16.9. The molecule has 24 heavy (non-hydrogen) atoms. The van der Waals surface area contributed by atoms with Crippen LogP contribution in [0.4, 0.5) is 0 Å². The molecule has 1 aliphatic heterocycles. The van der Waals surface area contributed by atoms with Crippen molar-refractivity contribution in [3.63, 3.8) is 0 Å². The number of nitriles is 1. The zero-order chi connectivity index (χ0) is 17.7. The molecule has 0 unspecified atom stereocenters. The topological polar surface area (TPSA) is 106 Å². The third kappa shape index (κ3) is 3.84. The van der Waals surface area contributed by atoms with Crippen LogP contribution in [0.15, 0.2) is 23.1 Å². The van der Waals surface area contributed by atoms with Gasteiger partial charge >= 0.3 is 5.97 Å². The van der Waals surface area contributed by atoms with E-state index in [9.17, 15) is 13.2 Å². The van der Waals surface area contributed by atoms with Gasteiger partial charge in [0.05, 0.1) is 25.2 Å². The fourth-order valence-electron chi connectivity index (χ4n) is 2.19. The van der Waals surface area contributed by atoms with Crippen molar-refractivity contribution < 1.29 is 27.4 Å². The first-order valence-electron chi connectivity index (χ1n) is 7.26. The highest BCUT2D eigenvalue weighted by molar-refractivity contribution is 7.89. The molecule has 0 aromatic heterocycles.